The zero-order valence-corrected chi connectivity index (χ0v) is 12.0. The third-order valence-electron chi connectivity index (χ3n) is 4.62. The minimum atomic E-state index is -1.11. The van der Waals surface area contributed by atoms with Crippen LogP contribution in [0.2, 0.25) is 0 Å². The fourth-order valence-corrected chi connectivity index (χ4v) is 2.34. The summed E-state index contributed by atoms with van der Waals surface area (Å²) in [6, 6.07) is 7.56. The molecular weight excluding hydrogens is 242 g/mol. The molecule has 1 saturated heterocycles. The van der Waals surface area contributed by atoms with Gasteiger partial charge in [0.1, 0.15) is 5.67 Å². The van der Waals surface area contributed by atoms with Crippen molar-refractivity contribution >= 4 is 12.6 Å². The highest BCUT2D eigenvalue weighted by atomic mass is 19.1. The number of rotatable bonds is 2. The Hall–Kier alpha value is -0.865. The van der Waals surface area contributed by atoms with Crippen LogP contribution >= 0.6 is 0 Å². The van der Waals surface area contributed by atoms with Crippen LogP contribution < -0.4 is 5.46 Å². The molecule has 4 heteroatoms. The zero-order chi connectivity index (χ0) is 13.9. The van der Waals surface area contributed by atoms with Crippen molar-refractivity contribution in [1.82, 2.24) is 0 Å². The molecule has 1 aromatic rings. The van der Waals surface area contributed by atoms with Gasteiger partial charge >= 0.3 is 7.12 Å². The van der Waals surface area contributed by atoms with E-state index < -0.39 is 12.8 Å². The maximum absolute atomic E-state index is 14.1. The van der Waals surface area contributed by atoms with Gasteiger partial charge in [0.25, 0.3) is 0 Å². The van der Waals surface area contributed by atoms with Crippen molar-refractivity contribution in [2.24, 2.45) is 0 Å². The molecule has 1 aliphatic carbocycles. The van der Waals surface area contributed by atoms with Crippen molar-refractivity contribution in [2.75, 3.05) is 0 Å². The Morgan fingerprint density at radius 1 is 1.05 bits per heavy atom. The summed E-state index contributed by atoms with van der Waals surface area (Å²) in [5.41, 5.74) is -0.180. The number of hydrogen-bond donors (Lipinski definition) is 0. The van der Waals surface area contributed by atoms with E-state index >= 15 is 0 Å². The molecule has 0 bridgehead atoms. The molecule has 0 atom stereocenters. The second-order valence-corrected chi connectivity index (χ2v) is 6.68. The molecule has 3 rings (SSSR count). The van der Waals surface area contributed by atoms with E-state index in [4.69, 9.17) is 9.31 Å². The molecule has 0 unspecified atom stereocenters. The number of benzene rings is 1. The topological polar surface area (TPSA) is 18.5 Å². The van der Waals surface area contributed by atoms with Crippen molar-refractivity contribution in [3.05, 3.63) is 29.8 Å². The molecule has 1 aliphatic heterocycles. The first-order valence-electron chi connectivity index (χ1n) is 6.89. The van der Waals surface area contributed by atoms with Crippen molar-refractivity contribution in [1.29, 1.82) is 0 Å². The number of alkyl halides is 1. The van der Waals surface area contributed by atoms with Gasteiger partial charge in [0.15, 0.2) is 0 Å². The van der Waals surface area contributed by atoms with Crippen LogP contribution in [0.25, 0.3) is 0 Å². The van der Waals surface area contributed by atoms with Crippen LogP contribution in [0, 0.1) is 0 Å². The van der Waals surface area contributed by atoms with Crippen molar-refractivity contribution < 1.29 is 13.7 Å². The Balaban J connectivity index is 1.88. The van der Waals surface area contributed by atoms with Gasteiger partial charge in [-0.25, -0.2) is 4.39 Å². The second kappa shape index (κ2) is 3.83. The average Bonchev–Trinajstić information content (AvgIpc) is 3.02. The maximum atomic E-state index is 14.1. The summed E-state index contributed by atoms with van der Waals surface area (Å²) in [6.45, 7) is 8.09. The first-order valence-corrected chi connectivity index (χ1v) is 6.89. The molecule has 1 saturated carbocycles. The lowest BCUT2D eigenvalue weighted by molar-refractivity contribution is 0.00578. The van der Waals surface area contributed by atoms with Gasteiger partial charge in [0.2, 0.25) is 0 Å². The van der Waals surface area contributed by atoms with E-state index in [0.29, 0.717) is 12.8 Å². The Bertz CT molecular complexity index is 493. The summed E-state index contributed by atoms with van der Waals surface area (Å²) < 4.78 is 26.1. The summed E-state index contributed by atoms with van der Waals surface area (Å²) in [6.07, 6.45) is 1.25. The van der Waals surface area contributed by atoms with E-state index in [1.54, 1.807) is 0 Å². The molecular formula is C15H20BFO2. The van der Waals surface area contributed by atoms with Crippen LogP contribution in [0.4, 0.5) is 4.39 Å². The third kappa shape index (κ3) is 2.11. The van der Waals surface area contributed by atoms with Gasteiger partial charge in [-0.05, 0) is 51.6 Å². The van der Waals surface area contributed by atoms with Crippen LogP contribution in [-0.4, -0.2) is 18.3 Å². The normalized spacial score (nSPS) is 26.5. The minimum absolute atomic E-state index is 0.360. The SMILES string of the molecule is CC1(C)OB(c2cccc(C3(F)CC3)c2)OC1(C)C. The summed E-state index contributed by atoms with van der Waals surface area (Å²) >= 11 is 0. The van der Waals surface area contributed by atoms with Gasteiger partial charge in [0.05, 0.1) is 11.2 Å². The van der Waals surface area contributed by atoms with E-state index in [0.717, 1.165) is 11.0 Å². The number of halogens is 1. The van der Waals surface area contributed by atoms with E-state index in [1.807, 2.05) is 52.0 Å². The first kappa shape index (κ1) is 13.1. The lowest BCUT2D eigenvalue weighted by Gasteiger charge is -2.32. The lowest BCUT2D eigenvalue weighted by Crippen LogP contribution is -2.41. The standard InChI is InChI=1S/C15H20BFO2/c1-13(2)14(3,4)19-16(18-13)12-7-5-6-11(10-12)15(17)8-9-15/h5-7,10H,8-9H2,1-4H3. The van der Waals surface area contributed by atoms with Gasteiger partial charge in [-0.15, -0.1) is 0 Å². The van der Waals surface area contributed by atoms with Crippen LogP contribution in [0.15, 0.2) is 24.3 Å². The molecule has 19 heavy (non-hydrogen) atoms. The average molecular weight is 262 g/mol. The molecule has 102 valence electrons. The largest absolute Gasteiger partial charge is 0.494 e. The summed E-state index contributed by atoms with van der Waals surface area (Å²) in [5.74, 6) is 0. The van der Waals surface area contributed by atoms with Crippen molar-refractivity contribution in [2.45, 2.75) is 57.4 Å². The van der Waals surface area contributed by atoms with E-state index in [-0.39, 0.29) is 11.2 Å². The Kier molecular flexibility index (Phi) is 2.65. The first-order chi connectivity index (χ1) is 8.74. The Morgan fingerprint density at radius 3 is 2.16 bits per heavy atom. The Morgan fingerprint density at radius 2 is 1.63 bits per heavy atom. The highest BCUT2D eigenvalue weighted by Gasteiger charge is 2.52. The summed E-state index contributed by atoms with van der Waals surface area (Å²) in [4.78, 5) is 0. The highest BCUT2D eigenvalue weighted by molar-refractivity contribution is 6.62. The van der Waals surface area contributed by atoms with Crippen LogP contribution in [0.1, 0.15) is 46.1 Å². The molecule has 2 nitrogen and oxygen atoms in total. The smallest absolute Gasteiger partial charge is 0.399 e. The second-order valence-electron chi connectivity index (χ2n) is 6.68. The van der Waals surface area contributed by atoms with Crippen LogP contribution in [0.3, 0.4) is 0 Å². The van der Waals surface area contributed by atoms with Gasteiger partial charge in [-0.2, -0.15) is 0 Å². The highest BCUT2D eigenvalue weighted by Crippen LogP contribution is 2.49. The monoisotopic (exact) mass is 262 g/mol. The molecule has 0 radical (unpaired) electrons. The predicted octanol–water partition coefficient (Wildman–Crippen LogP) is 2.94. The maximum Gasteiger partial charge on any atom is 0.494 e. The molecule has 2 aliphatic rings. The van der Waals surface area contributed by atoms with Gasteiger partial charge < -0.3 is 9.31 Å². The quantitative estimate of drug-likeness (QED) is 0.763. The Labute approximate surface area is 114 Å². The molecule has 0 aromatic heterocycles. The zero-order valence-electron chi connectivity index (χ0n) is 12.0. The van der Waals surface area contributed by atoms with E-state index in [2.05, 4.69) is 0 Å². The minimum Gasteiger partial charge on any atom is -0.399 e. The van der Waals surface area contributed by atoms with Crippen LogP contribution in [-0.2, 0) is 15.0 Å². The molecule has 2 fully saturated rings. The van der Waals surface area contributed by atoms with E-state index in [1.165, 1.54) is 0 Å². The van der Waals surface area contributed by atoms with Crippen LogP contribution in [0.5, 0.6) is 0 Å². The molecule has 1 heterocycles. The van der Waals surface area contributed by atoms with Gasteiger partial charge in [-0.3, -0.25) is 0 Å². The molecule has 0 amide bonds. The van der Waals surface area contributed by atoms with Crippen molar-refractivity contribution in [3.8, 4) is 0 Å². The predicted molar refractivity (Wildman–Crippen MR) is 74.2 cm³/mol. The molecule has 1 aromatic carbocycles. The number of hydrogen-bond acceptors (Lipinski definition) is 2. The fraction of sp³-hybridized carbons (Fsp3) is 0.600. The molecule has 0 N–H and O–H groups in total. The summed E-state index contributed by atoms with van der Waals surface area (Å²) in [5, 5.41) is 0. The summed E-state index contributed by atoms with van der Waals surface area (Å²) in [7, 11) is -0.410. The fourth-order valence-electron chi connectivity index (χ4n) is 2.34. The van der Waals surface area contributed by atoms with Gasteiger partial charge in [-0.1, -0.05) is 24.3 Å². The van der Waals surface area contributed by atoms with E-state index in [9.17, 15) is 4.39 Å². The third-order valence-corrected chi connectivity index (χ3v) is 4.62. The van der Waals surface area contributed by atoms with Crippen molar-refractivity contribution in [3.63, 3.8) is 0 Å². The van der Waals surface area contributed by atoms with Gasteiger partial charge in [0, 0.05) is 0 Å². The molecule has 0 spiro atoms. The lowest BCUT2D eigenvalue weighted by atomic mass is 9.78.